The second kappa shape index (κ2) is 4.28. The Morgan fingerprint density at radius 2 is 1.89 bits per heavy atom. The minimum absolute atomic E-state index is 1.07. The standard InChI is InChI=1S/C8H16P/c1-2-9-8-6-4-3-5-7-8/h8H,2-7H2,1H3. The van der Waals surface area contributed by atoms with Gasteiger partial charge in [-0.15, -0.1) is 0 Å². The molecule has 0 N–H and O–H groups in total. The molecule has 1 heteroatoms. The molecule has 9 heavy (non-hydrogen) atoms. The van der Waals surface area contributed by atoms with Crippen molar-refractivity contribution in [2.75, 3.05) is 6.16 Å². The lowest BCUT2D eigenvalue weighted by Gasteiger charge is -2.19. The first-order valence-corrected chi connectivity index (χ1v) is 5.25. The molecule has 0 aromatic rings. The Morgan fingerprint density at radius 3 is 2.44 bits per heavy atom. The fourth-order valence-electron chi connectivity index (χ4n) is 1.52. The summed E-state index contributed by atoms with van der Waals surface area (Å²) < 4.78 is 0. The largest absolute Gasteiger partial charge is 0.0778 e. The van der Waals surface area contributed by atoms with E-state index in [2.05, 4.69) is 6.92 Å². The van der Waals surface area contributed by atoms with Crippen LogP contribution in [0.4, 0.5) is 0 Å². The van der Waals surface area contributed by atoms with E-state index in [1.807, 2.05) is 0 Å². The average molecular weight is 143 g/mol. The van der Waals surface area contributed by atoms with Crippen molar-refractivity contribution in [3.8, 4) is 0 Å². The molecule has 0 spiro atoms. The first-order valence-electron chi connectivity index (χ1n) is 4.10. The van der Waals surface area contributed by atoms with Gasteiger partial charge in [0.15, 0.2) is 0 Å². The van der Waals surface area contributed by atoms with E-state index < -0.39 is 0 Å². The molecule has 1 rings (SSSR count). The van der Waals surface area contributed by atoms with Gasteiger partial charge in [0, 0.05) is 0 Å². The highest BCUT2D eigenvalue weighted by Gasteiger charge is 2.11. The summed E-state index contributed by atoms with van der Waals surface area (Å²) in [6.07, 6.45) is 8.88. The van der Waals surface area contributed by atoms with Gasteiger partial charge in [-0.3, -0.25) is 0 Å². The van der Waals surface area contributed by atoms with Gasteiger partial charge in [0.1, 0.15) is 0 Å². The minimum Gasteiger partial charge on any atom is -0.0778 e. The summed E-state index contributed by atoms with van der Waals surface area (Å²) in [6.45, 7) is 2.29. The van der Waals surface area contributed by atoms with Gasteiger partial charge >= 0.3 is 0 Å². The van der Waals surface area contributed by atoms with Gasteiger partial charge < -0.3 is 0 Å². The van der Waals surface area contributed by atoms with Crippen molar-refractivity contribution in [2.45, 2.75) is 44.7 Å². The third kappa shape index (κ3) is 2.67. The van der Waals surface area contributed by atoms with Crippen molar-refractivity contribution in [3.63, 3.8) is 0 Å². The van der Waals surface area contributed by atoms with Gasteiger partial charge in [0.25, 0.3) is 0 Å². The van der Waals surface area contributed by atoms with Crippen molar-refractivity contribution in [3.05, 3.63) is 0 Å². The lowest BCUT2D eigenvalue weighted by molar-refractivity contribution is 0.513. The summed E-state index contributed by atoms with van der Waals surface area (Å²) in [7, 11) is 1.71. The number of hydrogen-bond donors (Lipinski definition) is 0. The first kappa shape index (κ1) is 7.54. The van der Waals surface area contributed by atoms with Crippen LogP contribution in [0.5, 0.6) is 0 Å². The van der Waals surface area contributed by atoms with E-state index in [0.717, 1.165) is 5.66 Å². The van der Waals surface area contributed by atoms with Crippen LogP contribution < -0.4 is 0 Å². The van der Waals surface area contributed by atoms with Crippen LogP contribution in [0.1, 0.15) is 39.0 Å². The molecule has 0 heterocycles. The van der Waals surface area contributed by atoms with E-state index in [1.54, 1.807) is 8.58 Å². The second-order valence-corrected chi connectivity index (χ2v) is 4.52. The van der Waals surface area contributed by atoms with Gasteiger partial charge in [0.2, 0.25) is 0 Å². The summed E-state index contributed by atoms with van der Waals surface area (Å²) in [5.74, 6) is 0. The molecule has 1 aliphatic carbocycles. The Bertz CT molecular complexity index is 62.2. The van der Waals surface area contributed by atoms with Gasteiger partial charge in [-0.1, -0.05) is 34.8 Å². The van der Waals surface area contributed by atoms with Gasteiger partial charge in [-0.2, -0.15) is 0 Å². The zero-order valence-corrected chi connectivity index (χ0v) is 7.16. The number of hydrogen-bond acceptors (Lipinski definition) is 0. The minimum atomic E-state index is 1.07. The van der Waals surface area contributed by atoms with Gasteiger partial charge in [-0.25, -0.2) is 0 Å². The van der Waals surface area contributed by atoms with Crippen LogP contribution in [-0.4, -0.2) is 11.8 Å². The predicted octanol–water partition coefficient (Wildman–Crippen LogP) is 3.29. The molecule has 0 aliphatic heterocycles. The molecule has 0 atom stereocenters. The van der Waals surface area contributed by atoms with Crippen molar-refractivity contribution >= 4 is 8.58 Å². The first-order chi connectivity index (χ1) is 4.43. The zero-order chi connectivity index (χ0) is 6.53. The predicted molar refractivity (Wildman–Crippen MR) is 44.3 cm³/mol. The Balaban J connectivity index is 2.08. The molecular formula is C8H16P. The van der Waals surface area contributed by atoms with Crippen LogP contribution >= 0.6 is 8.58 Å². The van der Waals surface area contributed by atoms with Crippen molar-refractivity contribution in [1.82, 2.24) is 0 Å². The average Bonchev–Trinajstić information content (AvgIpc) is 1.91. The molecule has 0 saturated heterocycles. The Morgan fingerprint density at radius 1 is 1.22 bits per heavy atom. The molecule has 1 fully saturated rings. The molecule has 0 aromatic carbocycles. The van der Waals surface area contributed by atoms with E-state index in [-0.39, 0.29) is 0 Å². The van der Waals surface area contributed by atoms with Crippen LogP contribution in [0.25, 0.3) is 0 Å². The van der Waals surface area contributed by atoms with E-state index in [9.17, 15) is 0 Å². The molecular weight excluding hydrogens is 127 g/mol. The van der Waals surface area contributed by atoms with Gasteiger partial charge in [-0.05, 0) is 24.7 Å². The quantitative estimate of drug-likeness (QED) is 0.520. The van der Waals surface area contributed by atoms with Crippen LogP contribution in [0.2, 0.25) is 0 Å². The molecule has 0 bridgehead atoms. The van der Waals surface area contributed by atoms with Gasteiger partial charge in [0.05, 0.1) is 0 Å². The molecule has 1 radical (unpaired) electrons. The summed E-state index contributed by atoms with van der Waals surface area (Å²) >= 11 is 0. The second-order valence-electron chi connectivity index (χ2n) is 2.79. The third-order valence-corrected chi connectivity index (χ3v) is 3.41. The highest BCUT2D eigenvalue weighted by atomic mass is 31.1. The lowest BCUT2D eigenvalue weighted by Crippen LogP contribution is -2.06. The fourth-order valence-corrected chi connectivity index (χ4v) is 2.77. The van der Waals surface area contributed by atoms with Crippen LogP contribution in [0.15, 0.2) is 0 Å². The molecule has 0 nitrogen and oxygen atoms in total. The third-order valence-electron chi connectivity index (χ3n) is 2.02. The summed E-state index contributed by atoms with van der Waals surface area (Å²) in [5.41, 5.74) is 1.07. The molecule has 53 valence electrons. The SMILES string of the molecule is CC[P]C1CCCCC1. The monoisotopic (exact) mass is 143 g/mol. The maximum atomic E-state index is 2.29. The topological polar surface area (TPSA) is 0 Å². The zero-order valence-electron chi connectivity index (χ0n) is 6.27. The Labute approximate surface area is 60.2 Å². The Kier molecular flexibility index (Phi) is 3.58. The molecule has 1 saturated carbocycles. The molecule has 0 unspecified atom stereocenters. The highest BCUT2D eigenvalue weighted by molar-refractivity contribution is 7.38. The van der Waals surface area contributed by atoms with E-state index >= 15 is 0 Å². The van der Waals surface area contributed by atoms with Crippen LogP contribution in [-0.2, 0) is 0 Å². The van der Waals surface area contributed by atoms with Crippen LogP contribution in [0, 0.1) is 0 Å². The normalized spacial score (nSPS) is 23.7. The summed E-state index contributed by atoms with van der Waals surface area (Å²) in [6, 6.07) is 0. The van der Waals surface area contributed by atoms with Crippen LogP contribution in [0.3, 0.4) is 0 Å². The van der Waals surface area contributed by atoms with E-state index in [1.165, 1.54) is 38.3 Å². The summed E-state index contributed by atoms with van der Waals surface area (Å²) in [5, 5.41) is 0. The Hall–Kier alpha value is 0.430. The van der Waals surface area contributed by atoms with E-state index in [0.29, 0.717) is 0 Å². The molecule has 0 amide bonds. The van der Waals surface area contributed by atoms with E-state index in [4.69, 9.17) is 0 Å². The number of rotatable bonds is 2. The lowest BCUT2D eigenvalue weighted by atomic mass is 10.0. The van der Waals surface area contributed by atoms with Crippen molar-refractivity contribution in [2.24, 2.45) is 0 Å². The maximum Gasteiger partial charge on any atom is -0.0170 e. The highest BCUT2D eigenvalue weighted by Crippen LogP contribution is 2.31. The fraction of sp³-hybridized carbons (Fsp3) is 1.00. The molecule has 1 aliphatic rings. The summed E-state index contributed by atoms with van der Waals surface area (Å²) in [4.78, 5) is 0. The smallest absolute Gasteiger partial charge is 0.0170 e. The maximum absolute atomic E-state index is 2.29. The van der Waals surface area contributed by atoms with Crippen molar-refractivity contribution in [1.29, 1.82) is 0 Å². The molecule has 0 aromatic heterocycles. The van der Waals surface area contributed by atoms with Crippen molar-refractivity contribution < 1.29 is 0 Å².